The van der Waals surface area contributed by atoms with Gasteiger partial charge in [0.05, 0.1) is 12.6 Å². The third kappa shape index (κ3) is 4.01. The molecule has 0 unspecified atom stereocenters. The highest BCUT2D eigenvalue weighted by molar-refractivity contribution is 5.97. The van der Waals surface area contributed by atoms with Gasteiger partial charge in [-0.25, -0.2) is 4.79 Å². The molecule has 0 aromatic heterocycles. The van der Waals surface area contributed by atoms with Crippen molar-refractivity contribution in [3.8, 4) is 11.5 Å². The highest BCUT2D eigenvalue weighted by atomic mass is 16.5. The minimum absolute atomic E-state index is 0.0203. The number of carbonyl (C=O) groups excluding carboxylic acids is 2. The summed E-state index contributed by atoms with van der Waals surface area (Å²) >= 11 is 0. The monoisotopic (exact) mass is 477 g/mol. The molecule has 0 spiro atoms. The predicted molar refractivity (Wildman–Crippen MR) is 135 cm³/mol. The van der Waals surface area contributed by atoms with E-state index in [-0.39, 0.29) is 18.0 Å². The molecule has 1 aliphatic carbocycles. The number of urea groups is 1. The molecule has 2 aromatic carbocycles. The molecule has 186 valence electrons. The molecule has 3 atom stereocenters. The Balaban J connectivity index is 1.59. The number of benzene rings is 2. The number of hydrogen-bond acceptors (Lipinski definition) is 4. The fourth-order valence-corrected chi connectivity index (χ4v) is 6.11. The topological polar surface area (TPSA) is 79.9 Å². The van der Waals surface area contributed by atoms with Crippen LogP contribution in [-0.2, 0) is 4.79 Å². The maximum atomic E-state index is 14.0. The van der Waals surface area contributed by atoms with Crippen LogP contribution in [0.3, 0.4) is 0 Å². The lowest BCUT2D eigenvalue weighted by Crippen LogP contribution is -2.73. The first-order chi connectivity index (χ1) is 16.8. The van der Waals surface area contributed by atoms with Crippen molar-refractivity contribution in [1.82, 2.24) is 10.2 Å². The van der Waals surface area contributed by atoms with Crippen molar-refractivity contribution in [2.45, 2.75) is 77.6 Å². The number of anilines is 1. The summed E-state index contributed by atoms with van der Waals surface area (Å²) in [4.78, 5) is 29.3. The Labute approximate surface area is 207 Å². The zero-order valence-corrected chi connectivity index (χ0v) is 21.0. The van der Waals surface area contributed by atoms with Crippen LogP contribution >= 0.6 is 0 Å². The maximum Gasteiger partial charge on any atom is 0.321 e. The van der Waals surface area contributed by atoms with Crippen LogP contribution in [0.2, 0.25) is 0 Å². The van der Waals surface area contributed by atoms with Crippen molar-refractivity contribution in [2.75, 3.05) is 11.9 Å². The molecular weight excluding hydrogens is 442 g/mol. The number of para-hydroxylation sites is 1. The Kier molecular flexibility index (Phi) is 6.11. The molecule has 2 bridgehead atoms. The average molecular weight is 478 g/mol. The number of amides is 3. The third-order valence-corrected chi connectivity index (χ3v) is 7.70. The van der Waals surface area contributed by atoms with Gasteiger partial charge in [0.25, 0.3) is 0 Å². The smallest absolute Gasteiger partial charge is 0.321 e. The molecule has 2 heterocycles. The lowest BCUT2D eigenvalue weighted by molar-refractivity contribution is -0.163. The van der Waals surface area contributed by atoms with Gasteiger partial charge in [0.15, 0.2) is 17.2 Å². The fourth-order valence-electron chi connectivity index (χ4n) is 6.11. The van der Waals surface area contributed by atoms with Gasteiger partial charge in [0, 0.05) is 17.3 Å². The number of aryl methyl sites for hydroxylation is 2. The van der Waals surface area contributed by atoms with Crippen LogP contribution in [0.5, 0.6) is 11.5 Å². The number of hydrogen-bond donors (Lipinski definition) is 2. The number of fused-ring (bicyclic) bond motifs is 4. The molecule has 0 radical (unpaired) electrons. The van der Waals surface area contributed by atoms with E-state index < -0.39 is 17.7 Å². The normalized spacial score (nSPS) is 25.8. The van der Waals surface area contributed by atoms with Gasteiger partial charge in [-0.1, -0.05) is 49.1 Å². The minimum atomic E-state index is -1.15. The minimum Gasteiger partial charge on any atom is -0.490 e. The Morgan fingerprint density at radius 2 is 1.97 bits per heavy atom. The first kappa shape index (κ1) is 23.5. The summed E-state index contributed by atoms with van der Waals surface area (Å²) in [5.41, 5.74) is 2.52. The van der Waals surface area contributed by atoms with E-state index in [2.05, 4.69) is 16.7 Å². The molecule has 1 saturated carbocycles. The Morgan fingerprint density at radius 1 is 1.20 bits per heavy atom. The molecular formula is C28H35N3O4. The first-order valence-electron chi connectivity index (χ1n) is 12.8. The number of nitrogens with one attached hydrogen (secondary N) is 2. The molecule has 5 rings (SSSR count). The number of rotatable bonds is 5. The lowest BCUT2D eigenvalue weighted by Gasteiger charge is -2.57. The highest BCUT2D eigenvalue weighted by Gasteiger charge is 2.61. The summed E-state index contributed by atoms with van der Waals surface area (Å²) in [7, 11) is 0. The van der Waals surface area contributed by atoms with Gasteiger partial charge >= 0.3 is 6.03 Å². The van der Waals surface area contributed by atoms with Crippen molar-refractivity contribution in [3.63, 3.8) is 0 Å². The number of ether oxygens (including phenoxy) is 2. The van der Waals surface area contributed by atoms with Gasteiger partial charge in [0.1, 0.15) is 5.92 Å². The highest BCUT2D eigenvalue weighted by Crippen LogP contribution is 2.52. The van der Waals surface area contributed by atoms with Crippen molar-refractivity contribution in [1.29, 1.82) is 0 Å². The summed E-state index contributed by atoms with van der Waals surface area (Å²) < 4.78 is 12.6. The van der Waals surface area contributed by atoms with Crippen molar-refractivity contribution >= 4 is 17.6 Å². The summed E-state index contributed by atoms with van der Waals surface area (Å²) in [6.07, 6.45) is 5.10. The maximum absolute atomic E-state index is 14.0. The van der Waals surface area contributed by atoms with Crippen molar-refractivity contribution in [3.05, 3.63) is 53.1 Å². The van der Waals surface area contributed by atoms with Crippen LogP contribution in [0.25, 0.3) is 0 Å². The second-order valence-electron chi connectivity index (χ2n) is 10.1. The third-order valence-electron chi connectivity index (χ3n) is 7.70. The molecule has 2 N–H and O–H groups in total. The van der Waals surface area contributed by atoms with E-state index >= 15 is 0 Å². The van der Waals surface area contributed by atoms with Gasteiger partial charge in [-0.2, -0.15) is 0 Å². The second kappa shape index (κ2) is 9.10. The van der Waals surface area contributed by atoms with Gasteiger partial charge < -0.3 is 20.1 Å². The fraction of sp³-hybridized carbons (Fsp3) is 0.500. The molecule has 2 aromatic rings. The first-order valence-corrected chi connectivity index (χ1v) is 12.8. The van der Waals surface area contributed by atoms with Crippen LogP contribution in [0, 0.1) is 19.8 Å². The van der Waals surface area contributed by atoms with E-state index in [1.54, 1.807) is 4.90 Å². The number of nitrogens with zero attached hydrogens (tertiary/aromatic N) is 1. The lowest BCUT2D eigenvalue weighted by atomic mass is 9.77. The summed E-state index contributed by atoms with van der Waals surface area (Å²) in [5.74, 6) is 0.428. The second-order valence-corrected chi connectivity index (χ2v) is 10.1. The van der Waals surface area contributed by atoms with Crippen LogP contribution in [0.15, 0.2) is 36.4 Å². The van der Waals surface area contributed by atoms with Crippen molar-refractivity contribution in [2.24, 2.45) is 5.92 Å². The predicted octanol–water partition coefficient (Wildman–Crippen LogP) is 5.46. The van der Waals surface area contributed by atoms with Crippen molar-refractivity contribution < 1.29 is 19.1 Å². The summed E-state index contributed by atoms with van der Waals surface area (Å²) in [6, 6.07) is 11.0. The zero-order valence-electron chi connectivity index (χ0n) is 21.0. The van der Waals surface area contributed by atoms with E-state index in [0.717, 1.165) is 48.1 Å². The van der Waals surface area contributed by atoms with E-state index in [4.69, 9.17) is 9.47 Å². The molecule has 3 amide bonds. The van der Waals surface area contributed by atoms with E-state index in [1.807, 2.05) is 58.0 Å². The van der Waals surface area contributed by atoms with E-state index in [9.17, 15) is 9.59 Å². The SMILES string of the molecule is CCOc1cccc2c1O[C@]1(C)[C@H](C(=O)Nc3ccc(C)cc3C)[C@@H]2NC(=O)N1C1CCCCC1. The molecule has 2 aliphatic heterocycles. The summed E-state index contributed by atoms with van der Waals surface area (Å²) in [6.45, 7) is 8.34. The van der Waals surface area contributed by atoms with Crippen LogP contribution in [0.4, 0.5) is 10.5 Å². The zero-order chi connectivity index (χ0) is 24.7. The van der Waals surface area contributed by atoms with Gasteiger partial charge in [-0.15, -0.1) is 0 Å². The Hall–Kier alpha value is -3.22. The molecule has 7 heteroatoms. The Bertz CT molecular complexity index is 1140. The molecule has 7 nitrogen and oxygen atoms in total. The molecule has 35 heavy (non-hydrogen) atoms. The van der Waals surface area contributed by atoms with E-state index in [0.29, 0.717) is 18.1 Å². The molecule has 3 aliphatic rings. The Morgan fingerprint density at radius 3 is 2.69 bits per heavy atom. The van der Waals surface area contributed by atoms with Gasteiger partial charge in [-0.3, -0.25) is 9.69 Å². The average Bonchev–Trinajstić information content (AvgIpc) is 2.82. The van der Waals surface area contributed by atoms with Gasteiger partial charge in [0.2, 0.25) is 5.91 Å². The number of carbonyl (C=O) groups is 2. The van der Waals surface area contributed by atoms with Crippen LogP contribution < -0.4 is 20.1 Å². The largest absolute Gasteiger partial charge is 0.490 e. The van der Waals surface area contributed by atoms with Crippen LogP contribution in [0.1, 0.15) is 68.7 Å². The van der Waals surface area contributed by atoms with Crippen LogP contribution in [-0.4, -0.2) is 35.2 Å². The standard InChI is InChI=1S/C28H35N3O4/c1-5-34-22-13-9-12-20-24-23(26(32)29-21-15-14-17(2)16-18(21)3)28(4,35-25(20)22)31(27(33)30-24)19-10-7-6-8-11-19/h9,12-16,19,23-24H,5-8,10-11H2,1-4H3,(H,29,32)(H,30,33)/t23-,24+,28+/m0/s1. The molecule has 1 saturated heterocycles. The quantitative estimate of drug-likeness (QED) is 0.599. The molecule has 2 fully saturated rings. The summed E-state index contributed by atoms with van der Waals surface area (Å²) in [5, 5.41) is 6.32. The van der Waals surface area contributed by atoms with E-state index in [1.165, 1.54) is 6.42 Å². The van der Waals surface area contributed by atoms with Gasteiger partial charge in [-0.05, 0) is 58.2 Å².